The lowest BCUT2D eigenvalue weighted by molar-refractivity contribution is -0.156. The Hall–Kier alpha value is -2.97. The van der Waals surface area contributed by atoms with Gasteiger partial charge in [-0.1, -0.05) is 57.5 Å². The van der Waals surface area contributed by atoms with Gasteiger partial charge in [0.15, 0.2) is 0 Å². The third kappa shape index (κ3) is 5.32. The molecule has 1 aromatic rings. The van der Waals surface area contributed by atoms with Gasteiger partial charge in [-0.15, -0.1) is 13.2 Å². The van der Waals surface area contributed by atoms with Crippen LogP contribution in [-0.2, 0) is 19.1 Å². The van der Waals surface area contributed by atoms with E-state index in [2.05, 4.69) is 20.1 Å². The Balaban J connectivity index is 1.85. The molecular formula is C34H49N3O5. The van der Waals surface area contributed by atoms with Crippen LogP contribution in [0.1, 0.15) is 66.7 Å². The third-order valence-corrected chi connectivity index (χ3v) is 9.56. The van der Waals surface area contributed by atoms with Gasteiger partial charge in [0.1, 0.15) is 11.6 Å². The van der Waals surface area contributed by atoms with Crippen molar-refractivity contribution in [2.45, 2.75) is 96.1 Å². The molecule has 8 heteroatoms. The van der Waals surface area contributed by atoms with Gasteiger partial charge >= 0.3 is 0 Å². The summed E-state index contributed by atoms with van der Waals surface area (Å²) in [4.78, 5) is 48.9. The van der Waals surface area contributed by atoms with Gasteiger partial charge in [0, 0.05) is 24.8 Å². The van der Waals surface area contributed by atoms with E-state index in [4.69, 9.17) is 4.74 Å². The number of nitrogens with zero attached hydrogens (tertiary/aromatic N) is 3. The van der Waals surface area contributed by atoms with E-state index >= 15 is 0 Å². The first-order valence-corrected chi connectivity index (χ1v) is 15.5. The van der Waals surface area contributed by atoms with Crippen LogP contribution < -0.4 is 4.90 Å². The Bertz CT molecular complexity index is 1170. The number of fused-ring (bicyclic) bond motifs is 1. The van der Waals surface area contributed by atoms with Crippen LogP contribution >= 0.6 is 0 Å². The van der Waals surface area contributed by atoms with E-state index < -0.39 is 35.1 Å². The molecule has 1 aromatic carbocycles. The first kappa shape index (κ1) is 32.0. The van der Waals surface area contributed by atoms with Crippen molar-refractivity contribution in [3.8, 4) is 0 Å². The summed E-state index contributed by atoms with van der Waals surface area (Å²) in [6.45, 7) is 18.2. The Labute approximate surface area is 251 Å². The minimum absolute atomic E-state index is 0.0710. The topological polar surface area (TPSA) is 90.4 Å². The highest BCUT2D eigenvalue weighted by atomic mass is 16.5. The number of carbonyl (C=O) groups is 3. The quantitative estimate of drug-likeness (QED) is 0.326. The molecular weight excluding hydrogens is 530 g/mol. The lowest BCUT2D eigenvalue weighted by atomic mass is 9.66. The van der Waals surface area contributed by atoms with Crippen molar-refractivity contribution in [2.24, 2.45) is 17.8 Å². The van der Waals surface area contributed by atoms with E-state index in [-0.39, 0.29) is 42.8 Å². The number of rotatable bonds is 14. The average molecular weight is 580 g/mol. The van der Waals surface area contributed by atoms with Crippen LogP contribution in [0.5, 0.6) is 0 Å². The minimum atomic E-state index is -1.16. The third-order valence-electron chi connectivity index (χ3n) is 9.56. The average Bonchev–Trinajstić information content (AvgIpc) is 3.53. The first-order chi connectivity index (χ1) is 20.0. The van der Waals surface area contributed by atoms with Crippen LogP contribution in [0.15, 0.2) is 55.6 Å². The number of benzene rings is 1. The number of carbonyl (C=O) groups excluding carboxylic acids is 3. The number of hydrogen-bond acceptors (Lipinski definition) is 5. The lowest BCUT2D eigenvalue weighted by Gasteiger charge is -2.41. The molecule has 42 heavy (non-hydrogen) atoms. The normalized spacial score (nSPS) is 29.4. The zero-order chi connectivity index (χ0) is 30.8. The summed E-state index contributed by atoms with van der Waals surface area (Å²) >= 11 is 0. The van der Waals surface area contributed by atoms with E-state index in [0.717, 1.165) is 18.5 Å². The molecule has 3 aliphatic heterocycles. The SMILES string of the molecule is C=CCN(C(=O)[C@H]1[C@H]2C(=O)N([C@@H](CO)CC(C)C)C(C(=O)N(CC=C)C(C)CCC)C23CC[C@]1(C)O3)c1ccccc1. The van der Waals surface area contributed by atoms with Crippen LogP contribution in [0.3, 0.4) is 0 Å². The van der Waals surface area contributed by atoms with E-state index in [1.807, 2.05) is 58.0 Å². The van der Waals surface area contributed by atoms with Crippen molar-refractivity contribution in [3.05, 3.63) is 55.6 Å². The van der Waals surface area contributed by atoms with Crippen molar-refractivity contribution in [1.82, 2.24) is 9.80 Å². The standard InChI is InChI=1S/C34H49N3O5/c1-8-14-24(6)35(19-9-2)32(41)29-34-18-17-33(7,42-34)27(28(34)31(40)37(29)26(22-38)21-23(4)5)30(39)36(20-10-3)25-15-12-11-13-16-25/h9-13,15-16,23-24,26-29,38H,2-3,8,14,17-22H2,1,4-7H3/t24?,26-,27-,28+,29?,33+,34?/m1/s1. The van der Waals surface area contributed by atoms with Crippen LogP contribution in [0.2, 0.25) is 0 Å². The van der Waals surface area contributed by atoms with Gasteiger partial charge in [-0.25, -0.2) is 0 Å². The summed E-state index contributed by atoms with van der Waals surface area (Å²) in [6.07, 6.45) is 6.68. The molecule has 3 unspecified atom stereocenters. The maximum absolute atomic E-state index is 14.7. The summed E-state index contributed by atoms with van der Waals surface area (Å²) in [7, 11) is 0. The summed E-state index contributed by atoms with van der Waals surface area (Å²) < 4.78 is 6.88. The van der Waals surface area contributed by atoms with Gasteiger partial charge in [0.05, 0.1) is 30.1 Å². The highest BCUT2D eigenvalue weighted by molar-refractivity contribution is 6.03. The number of likely N-dealkylation sites (tertiary alicyclic amines) is 1. The van der Waals surface area contributed by atoms with Crippen molar-refractivity contribution >= 4 is 23.4 Å². The second-order valence-corrected chi connectivity index (χ2v) is 12.9. The second-order valence-electron chi connectivity index (χ2n) is 12.9. The van der Waals surface area contributed by atoms with E-state index in [9.17, 15) is 19.5 Å². The molecule has 8 nitrogen and oxygen atoms in total. The molecule has 3 aliphatic rings. The number of hydrogen-bond donors (Lipinski definition) is 1. The molecule has 230 valence electrons. The molecule has 1 N–H and O–H groups in total. The summed E-state index contributed by atoms with van der Waals surface area (Å²) in [5, 5.41) is 10.6. The molecule has 0 aromatic heterocycles. The predicted molar refractivity (Wildman–Crippen MR) is 165 cm³/mol. The van der Waals surface area contributed by atoms with Crippen LogP contribution in [0.25, 0.3) is 0 Å². The molecule has 3 amide bonds. The molecule has 0 radical (unpaired) electrons. The second kappa shape index (κ2) is 12.7. The van der Waals surface area contributed by atoms with Gasteiger partial charge in [-0.3, -0.25) is 14.4 Å². The van der Waals surface area contributed by atoms with Gasteiger partial charge in [0.2, 0.25) is 17.7 Å². The van der Waals surface area contributed by atoms with Crippen LogP contribution in [0, 0.1) is 17.8 Å². The predicted octanol–water partition coefficient (Wildman–Crippen LogP) is 4.58. The summed E-state index contributed by atoms with van der Waals surface area (Å²) in [6, 6.07) is 7.81. The van der Waals surface area contributed by atoms with Crippen molar-refractivity contribution in [2.75, 3.05) is 24.6 Å². The van der Waals surface area contributed by atoms with Crippen LogP contribution in [0.4, 0.5) is 5.69 Å². The fourth-order valence-corrected chi connectivity index (χ4v) is 7.82. The Morgan fingerprint density at radius 2 is 1.79 bits per heavy atom. The minimum Gasteiger partial charge on any atom is -0.394 e. The van der Waals surface area contributed by atoms with Crippen molar-refractivity contribution in [3.63, 3.8) is 0 Å². The van der Waals surface area contributed by atoms with E-state index in [0.29, 0.717) is 25.8 Å². The Morgan fingerprint density at radius 1 is 1.12 bits per heavy atom. The van der Waals surface area contributed by atoms with Gasteiger partial charge in [-0.2, -0.15) is 0 Å². The highest BCUT2D eigenvalue weighted by Gasteiger charge is 2.79. The number of amides is 3. The van der Waals surface area contributed by atoms with E-state index in [1.165, 1.54) is 0 Å². The zero-order valence-corrected chi connectivity index (χ0v) is 26.0. The fourth-order valence-electron chi connectivity index (χ4n) is 7.82. The molecule has 3 saturated heterocycles. The van der Waals surface area contributed by atoms with Crippen molar-refractivity contribution in [1.29, 1.82) is 0 Å². The largest absolute Gasteiger partial charge is 0.394 e. The first-order valence-electron chi connectivity index (χ1n) is 15.5. The van der Waals surface area contributed by atoms with Gasteiger partial charge in [0.25, 0.3) is 0 Å². The molecule has 1 spiro atoms. The zero-order valence-electron chi connectivity index (χ0n) is 26.0. The molecule has 0 aliphatic carbocycles. The molecule has 0 saturated carbocycles. The monoisotopic (exact) mass is 579 g/mol. The molecule has 4 rings (SSSR count). The number of ether oxygens (including phenoxy) is 1. The summed E-state index contributed by atoms with van der Waals surface area (Å²) in [5.41, 5.74) is -1.34. The van der Waals surface area contributed by atoms with Crippen molar-refractivity contribution < 1.29 is 24.2 Å². The lowest BCUT2D eigenvalue weighted by Crippen LogP contribution is -2.60. The maximum atomic E-state index is 14.7. The molecule has 3 fully saturated rings. The Kier molecular flexibility index (Phi) is 9.68. The molecule has 7 atom stereocenters. The molecule has 3 heterocycles. The van der Waals surface area contributed by atoms with Gasteiger partial charge < -0.3 is 24.5 Å². The van der Waals surface area contributed by atoms with Gasteiger partial charge in [-0.05, 0) is 57.6 Å². The van der Waals surface area contributed by atoms with Crippen LogP contribution in [-0.4, -0.2) is 81.7 Å². The number of para-hydroxylation sites is 1. The number of aliphatic hydroxyl groups is 1. The van der Waals surface area contributed by atoms with E-state index in [1.54, 1.807) is 26.9 Å². The fraction of sp³-hybridized carbons (Fsp3) is 0.618. The maximum Gasteiger partial charge on any atom is 0.248 e. The summed E-state index contributed by atoms with van der Waals surface area (Å²) in [5.74, 6) is -2.11. The number of anilines is 1. The smallest absolute Gasteiger partial charge is 0.248 e. The highest BCUT2D eigenvalue weighted by Crippen LogP contribution is 2.64. The number of aliphatic hydroxyl groups excluding tert-OH is 1. The molecule has 2 bridgehead atoms. The Morgan fingerprint density at radius 3 is 2.36 bits per heavy atom.